The fraction of sp³-hybridized carbons (Fsp3) is 0.176. The molecular weight excluding hydrogens is 326 g/mol. The monoisotopic (exact) mass is 341 g/mol. The zero-order chi connectivity index (χ0) is 18.0. The largest absolute Gasteiger partial charge is 0.423 e. The first-order valence-corrected chi connectivity index (χ1v) is 7.56. The van der Waals surface area contributed by atoms with Crippen molar-refractivity contribution in [2.75, 3.05) is 10.6 Å². The third-order valence-electron chi connectivity index (χ3n) is 3.80. The molecule has 1 atom stereocenters. The predicted octanol–water partition coefficient (Wildman–Crippen LogP) is 2.63. The van der Waals surface area contributed by atoms with E-state index in [0.717, 1.165) is 0 Å². The lowest BCUT2D eigenvalue weighted by molar-refractivity contribution is -0.384. The molecule has 8 heteroatoms. The van der Waals surface area contributed by atoms with E-state index in [0.29, 0.717) is 22.7 Å². The lowest BCUT2D eigenvalue weighted by Gasteiger charge is -2.25. The number of amides is 1. The minimum atomic E-state index is -0.798. The van der Waals surface area contributed by atoms with Gasteiger partial charge < -0.3 is 15.4 Å². The van der Waals surface area contributed by atoms with Gasteiger partial charge in [-0.2, -0.15) is 0 Å². The van der Waals surface area contributed by atoms with Gasteiger partial charge in [0.15, 0.2) is 5.75 Å². The summed E-state index contributed by atoms with van der Waals surface area (Å²) >= 11 is 0. The van der Waals surface area contributed by atoms with E-state index in [1.807, 2.05) is 0 Å². The summed E-state index contributed by atoms with van der Waals surface area (Å²) in [5, 5.41) is 16.4. The molecule has 1 unspecified atom stereocenters. The second kappa shape index (κ2) is 6.60. The Morgan fingerprint density at radius 3 is 2.80 bits per heavy atom. The summed E-state index contributed by atoms with van der Waals surface area (Å²) in [5.41, 5.74) is 1.61. The molecule has 0 saturated carbocycles. The SMILES string of the molecule is Cc1cc([N+](=O)[O-])ccc1NC(=O)CC1Nc2ccccc2OC1=O. The zero-order valence-electron chi connectivity index (χ0n) is 13.3. The first kappa shape index (κ1) is 16.4. The van der Waals surface area contributed by atoms with Crippen LogP contribution in [-0.2, 0) is 9.59 Å². The van der Waals surface area contributed by atoms with Crippen molar-refractivity contribution in [1.29, 1.82) is 0 Å². The number of hydrogen-bond donors (Lipinski definition) is 2. The molecule has 0 fully saturated rings. The summed E-state index contributed by atoms with van der Waals surface area (Å²) in [4.78, 5) is 34.5. The zero-order valence-corrected chi connectivity index (χ0v) is 13.3. The van der Waals surface area contributed by atoms with Gasteiger partial charge in [-0.25, -0.2) is 4.79 Å². The molecule has 8 nitrogen and oxygen atoms in total. The number of carbonyl (C=O) groups is 2. The van der Waals surface area contributed by atoms with E-state index in [2.05, 4.69) is 10.6 Å². The second-order valence-electron chi connectivity index (χ2n) is 5.62. The molecular formula is C17H15N3O5. The molecule has 1 heterocycles. The predicted molar refractivity (Wildman–Crippen MR) is 90.6 cm³/mol. The van der Waals surface area contributed by atoms with E-state index in [1.54, 1.807) is 31.2 Å². The van der Waals surface area contributed by atoms with Crippen molar-refractivity contribution >= 4 is 28.9 Å². The molecule has 0 spiro atoms. The van der Waals surface area contributed by atoms with Crippen molar-refractivity contribution in [3.05, 3.63) is 58.1 Å². The molecule has 0 saturated heterocycles. The van der Waals surface area contributed by atoms with Crippen molar-refractivity contribution in [3.8, 4) is 5.75 Å². The highest BCUT2D eigenvalue weighted by Crippen LogP contribution is 2.29. The number of aryl methyl sites for hydroxylation is 1. The quantitative estimate of drug-likeness (QED) is 0.383. The van der Waals surface area contributed by atoms with Crippen LogP contribution in [0.15, 0.2) is 42.5 Å². The average molecular weight is 341 g/mol. The number of hydrogen-bond acceptors (Lipinski definition) is 6. The van der Waals surface area contributed by atoms with Crippen LogP contribution in [0, 0.1) is 17.0 Å². The van der Waals surface area contributed by atoms with Crippen LogP contribution in [0.2, 0.25) is 0 Å². The van der Waals surface area contributed by atoms with Gasteiger partial charge in [-0.15, -0.1) is 0 Å². The molecule has 1 aliphatic heterocycles. The maximum atomic E-state index is 12.2. The van der Waals surface area contributed by atoms with Gasteiger partial charge in [0, 0.05) is 17.8 Å². The van der Waals surface area contributed by atoms with Gasteiger partial charge in [0.2, 0.25) is 5.91 Å². The highest BCUT2D eigenvalue weighted by Gasteiger charge is 2.29. The lowest BCUT2D eigenvalue weighted by Crippen LogP contribution is -2.39. The second-order valence-corrected chi connectivity index (χ2v) is 5.62. The standard InChI is InChI=1S/C17H15N3O5/c1-10-8-11(20(23)24)6-7-12(10)19-16(21)9-14-17(22)25-15-5-3-2-4-13(15)18-14/h2-8,14,18H,9H2,1H3,(H,19,21). The molecule has 3 rings (SSSR count). The minimum Gasteiger partial charge on any atom is -0.423 e. The molecule has 2 aromatic carbocycles. The summed E-state index contributed by atoms with van der Waals surface area (Å²) in [6, 6.07) is 10.3. The van der Waals surface area contributed by atoms with E-state index in [4.69, 9.17) is 4.74 Å². The fourth-order valence-electron chi connectivity index (χ4n) is 2.52. The van der Waals surface area contributed by atoms with E-state index < -0.39 is 22.8 Å². The van der Waals surface area contributed by atoms with Gasteiger partial charge in [0.05, 0.1) is 17.0 Å². The summed E-state index contributed by atoms with van der Waals surface area (Å²) in [5.74, 6) is -0.504. The first-order valence-electron chi connectivity index (χ1n) is 7.56. The van der Waals surface area contributed by atoms with Crippen LogP contribution < -0.4 is 15.4 Å². The fourth-order valence-corrected chi connectivity index (χ4v) is 2.52. The van der Waals surface area contributed by atoms with Crippen LogP contribution in [0.25, 0.3) is 0 Å². The number of ether oxygens (including phenoxy) is 1. The lowest BCUT2D eigenvalue weighted by atomic mass is 10.1. The Kier molecular flexibility index (Phi) is 4.34. The number of nitrogens with one attached hydrogen (secondary N) is 2. The number of non-ortho nitro benzene ring substituents is 1. The minimum absolute atomic E-state index is 0.0513. The Balaban J connectivity index is 1.67. The number of rotatable bonds is 4. The Labute approximate surface area is 142 Å². The number of nitro groups is 1. The molecule has 2 N–H and O–H groups in total. The number of esters is 1. The van der Waals surface area contributed by atoms with Gasteiger partial charge in [0.25, 0.3) is 5.69 Å². The maximum absolute atomic E-state index is 12.2. The van der Waals surface area contributed by atoms with E-state index in [9.17, 15) is 19.7 Å². The van der Waals surface area contributed by atoms with Crippen LogP contribution in [0.1, 0.15) is 12.0 Å². The highest BCUT2D eigenvalue weighted by molar-refractivity contribution is 5.97. The number of para-hydroxylation sites is 2. The topological polar surface area (TPSA) is 111 Å². The van der Waals surface area contributed by atoms with Crippen molar-refractivity contribution in [3.63, 3.8) is 0 Å². The average Bonchev–Trinajstić information content (AvgIpc) is 2.57. The Bertz CT molecular complexity index is 865. The summed E-state index contributed by atoms with van der Waals surface area (Å²) in [6.07, 6.45) is -0.121. The van der Waals surface area contributed by atoms with E-state index in [-0.39, 0.29) is 12.1 Å². The van der Waals surface area contributed by atoms with Gasteiger partial charge in [-0.05, 0) is 30.7 Å². The smallest absolute Gasteiger partial charge is 0.334 e. The Morgan fingerprint density at radius 1 is 1.32 bits per heavy atom. The van der Waals surface area contributed by atoms with Gasteiger partial charge in [0.1, 0.15) is 6.04 Å². The Hall–Kier alpha value is -3.42. The van der Waals surface area contributed by atoms with Crippen LogP contribution in [0.5, 0.6) is 5.75 Å². The molecule has 128 valence electrons. The normalized spacial score (nSPS) is 15.6. The Morgan fingerprint density at radius 2 is 2.08 bits per heavy atom. The number of anilines is 2. The number of carbonyl (C=O) groups excluding carboxylic acids is 2. The third-order valence-corrected chi connectivity index (χ3v) is 3.80. The number of fused-ring (bicyclic) bond motifs is 1. The van der Waals surface area contributed by atoms with E-state index in [1.165, 1.54) is 18.2 Å². The molecule has 0 aromatic heterocycles. The van der Waals surface area contributed by atoms with Crippen molar-refractivity contribution in [1.82, 2.24) is 0 Å². The number of nitro benzene ring substituents is 1. The summed E-state index contributed by atoms with van der Waals surface area (Å²) < 4.78 is 5.20. The molecule has 0 radical (unpaired) electrons. The van der Waals surface area contributed by atoms with Crippen LogP contribution >= 0.6 is 0 Å². The van der Waals surface area contributed by atoms with Crippen LogP contribution in [-0.4, -0.2) is 22.8 Å². The molecule has 0 bridgehead atoms. The summed E-state index contributed by atoms with van der Waals surface area (Å²) in [7, 11) is 0. The van der Waals surface area contributed by atoms with Gasteiger partial charge >= 0.3 is 5.97 Å². The molecule has 0 aliphatic carbocycles. The van der Waals surface area contributed by atoms with Crippen LogP contribution in [0.3, 0.4) is 0 Å². The summed E-state index contributed by atoms with van der Waals surface area (Å²) in [6.45, 7) is 1.66. The number of nitrogens with zero attached hydrogens (tertiary/aromatic N) is 1. The van der Waals surface area contributed by atoms with Gasteiger partial charge in [-0.1, -0.05) is 12.1 Å². The molecule has 25 heavy (non-hydrogen) atoms. The van der Waals surface area contributed by atoms with Crippen LogP contribution in [0.4, 0.5) is 17.1 Å². The maximum Gasteiger partial charge on any atom is 0.334 e. The van der Waals surface area contributed by atoms with E-state index >= 15 is 0 Å². The first-order chi connectivity index (χ1) is 11.9. The molecule has 2 aromatic rings. The highest BCUT2D eigenvalue weighted by atomic mass is 16.6. The van der Waals surface area contributed by atoms with Crippen molar-refractivity contribution in [2.24, 2.45) is 0 Å². The molecule has 1 amide bonds. The third kappa shape index (κ3) is 3.57. The number of benzene rings is 2. The van der Waals surface area contributed by atoms with Gasteiger partial charge in [-0.3, -0.25) is 14.9 Å². The van der Waals surface area contributed by atoms with Crippen molar-refractivity contribution in [2.45, 2.75) is 19.4 Å². The van der Waals surface area contributed by atoms with Crippen molar-refractivity contribution < 1.29 is 19.2 Å². The molecule has 1 aliphatic rings.